The van der Waals surface area contributed by atoms with Crippen LogP contribution in [-0.4, -0.2) is 0 Å². The second kappa shape index (κ2) is 7.71. The van der Waals surface area contributed by atoms with Gasteiger partial charge in [-0.3, -0.25) is 0 Å². The zero-order valence-electron chi connectivity index (χ0n) is 14.8. The molecule has 1 aromatic heterocycles. The molecule has 0 unspecified atom stereocenters. The molecule has 0 fully saturated rings. The van der Waals surface area contributed by atoms with Gasteiger partial charge in [0.25, 0.3) is 0 Å². The topological polar surface area (TPSA) is 26.9 Å². The van der Waals surface area contributed by atoms with E-state index in [1.165, 1.54) is 6.20 Å². The highest BCUT2D eigenvalue weighted by atomic mass is 16.5. The van der Waals surface area contributed by atoms with Crippen LogP contribution in [0, 0.1) is 5.21 Å². The normalized spacial score (nSPS) is 10.4. The van der Waals surface area contributed by atoms with Crippen molar-refractivity contribution in [3.8, 4) is 0 Å². The van der Waals surface area contributed by atoms with E-state index in [9.17, 15) is 5.21 Å². The summed E-state index contributed by atoms with van der Waals surface area (Å²) in [5, 5.41) is 12.0. The molecule has 0 aliphatic rings. The Labute approximate surface area is 159 Å². The quantitative estimate of drug-likeness (QED) is 0.278. The molecule has 0 radical (unpaired) electrons. The van der Waals surface area contributed by atoms with Gasteiger partial charge in [0, 0.05) is 17.2 Å². The van der Waals surface area contributed by atoms with E-state index in [-0.39, 0.29) is 0 Å². The highest BCUT2D eigenvalue weighted by Gasteiger charge is 2.17. The van der Waals surface area contributed by atoms with Crippen LogP contribution in [0.1, 0.15) is 22.3 Å². The predicted octanol–water partition coefficient (Wildman–Crippen LogP) is 5.33. The largest absolute Gasteiger partial charge is 0.619 e. The maximum absolute atomic E-state index is 12.0. The molecule has 0 saturated carbocycles. The van der Waals surface area contributed by atoms with Gasteiger partial charge in [0.05, 0.1) is 0 Å². The van der Waals surface area contributed by atoms with Crippen molar-refractivity contribution in [1.82, 2.24) is 0 Å². The molecule has 0 aliphatic carbocycles. The fraction of sp³-hybridized carbons (Fsp3) is 0. The number of pyridine rings is 1. The van der Waals surface area contributed by atoms with E-state index in [2.05, 4.69) is 36.4 Å². The van der Waals surface area contributed by atoms with Gasteiger partial charge in [-0.2, -0.15) is 4.73 Å². The Hall–Kier alpha value is -3.65. The smallest absolute Gasteiger partial charge is 0.188 e. The van der Waals surface area contributed by atoms with Gasteiger partial charge in [0.15, 0.2) is 12.4 Å². The zero-order chi connectivity index (χ0) is 18.5. The lowest BCUT2D eigenvalue weighted by Crippen LogP contribution is -2.24. The second-order valence-corrected chi connectivity index (χ2v) is 6.30. The summed E-state index contributed by atoms with van der Waals surface area (Å²) in [6.45, 7) is 0. The third-order valence-electron chi connectivity index (χ3n) is 4.50. The van der Waals surface area contributed by atoms with Gasteiger partial charge in [-0.15, -0.1) is 0 Å². The average Bonchev–Trinajstić information content (AvgIpc) is 2.74. The molecule has 27 heavy (non-hydrogen) atoms. The molecule has 0 bridgehead atoms. The van der Waals surface area contributed by atoms with Gasteiger partial charge >= 0.3 is 0 Å². The summed E-state index contributed by atoms with van der Waals surface area (Å²) in [5.41, 5.74) is 6.34. The van der Waals surface area contributed by atoms with Gasteiger partial charge in [-0.1, -0.05) is 91.0 Å². The molecule has 2 nitrogen and oxygen atoms in total. The van der Waals surface area contributed by atoms with Crippen LogP contribution in [0.15, 0.2) is 116 Å². The standard InChI is InChI=1S/C25H19NO/c27-26-18-10-17-23(19-26)25(22-15-8-3-9-16-22)24(20-11-4-1-5-12-20)21-13-6-2-7-14-21/h1-19H. The van der Waals surface area contributed by atoms with E-state index in [4.69, 9.17) is 0 Å². The molecule has 2 heteroatoms. The van der Waals surface area contributed by atoms with Gasteiger partial charge in [0.2, 0.25) is 0 Å². The van der Waals surface area contributed by atoms with E-state index < -0.39 is 0 Å². The van der Waals surface area contributed by atoms with Crippen LogP contribution in [0.3, 0.4) is 0 Å². The van der Waals surface area contributed by atoms with Crippen molar-refractivity contribution in [3.63, 3.8) is 0 Å². The number of benzene rings is 3. The Kier molecular flexibility index (Phi) is 4.80. The lowest BCUT2D eigenvalue weighted by molar-refractivity contribution is -0.605. The van der Waals surface area contributed by atoms with Crippen molar-refractivity contribution in [2.75, 3.05) is 0 Å². The summed E-state index contributed by atoms with van der Waals surface area (Å²) in [6, 6.07) is 34.6. The third kappa shape index (κ3) is 3.65. The van der Waals surface area contributed by atoms with Crippen molar-refractivity contribution in [1.29, 1.82) is 0 Å². The molecular weight excluding hydrogens is 330 g/mol. The van der Waals surface area contributed by atoms with Crippen molar-refractivity contribution in [2.45, 2.75) is 0 Å². The SMILES string of the molecule is [O-][n+]1cccc(C(=C(c2ccccc2)c2ccccc2)c2ccccc2)c1. The molecule has 3 aromatic carbocycles. The number of hydrogen-bond acceptors (Lipinski definition) is 1. The van der Waals surface area contributed by atoms with Crippen LogP contribution < -0.4 is 4.73 Å². The number of rotatable bonds is 4. The maximum atomic E-state index is 12.0. The Morgan fingerprint density at radius 1 is 0.481 bits per heavy atom. The molecule has 0 N–H and O–H groups in total. The van der Waals surface area contributed by atoms with Crippen molar-refractivity contribution in [2.24, 2.45) is 0 Å². The molecule has 1 heterocycles. The zero-order valence-corrected chi connectivity index (χ0v) is 14.8. The van der Waals surface area contributed by atoms with Crippen LogP contribution >= 0.6 is 0 Å². The predicted molar refractivity (Wildman–Crippen MR) is 110 cm³/mol. The van der Waals surface area contributed by atoms with Crippen LogP contribution in [-0.2, 0) is 0 Å². The fourth-order valence-electron chi connectivity index (χ4n) is 3.33. The first-order valence-electron chi connectivity index (χ1n) is 8.93. The fourth-order valence-corrected chi connectivity index (χ4v) is 3.33. The lowest BCUT2D eigenvalue weighted by atomic mass is 9.86. The second-order valence-electron chi connectivity index (χ2n) is 6.30. The van der Waals surface area contributed by atoms with Crippen molar-refractivity contribution >= 4 is 11.1 Å². The van der Waals surface area contributed by atoms with Crippen LogP contribution in [0.2, 0.25) is 0 Å². The molecular formula is C25H19NO. The highest BCUT2D eigenvalue weighted by Crippen LogP contribution is 2.36. The van der Waals surface area contributed by atoms with E-state index in [1.807, 2.05) is 60.7 Å². The molecule has 0 amide bonds. The molecule has 0 atom stereocenters. The molecule has 0 spiro atoms. The Bertz CT molecular complexity index is 1010. The van der Waals surface area contributed by atoms with E-state index >= 15 is 0 Å². The summed E-state index contributed by atoms with van der Waals surface area (Å²) in [4.78, 5) is 0. The van der Waals surface area contributed by atoms with Gasteiger partial charge in [-0.05, 0) is 28.3 Å². The number of aromatic nitrogens is 1. The Morgan fingerprint density at radius 2 is 0.852 bits per heavy atom. The summed E-state index contributed by atoms with van der Waals surface area (Å²) < 4.78 is 0.853. The highest BCUT2D eigenvalue weighted by molar-refractivity contribution is 6.04. The minimum atomic E-state index is 0.853. The summed E-state index contributed by atoms with van der Waals surface area (Å²) in [5.74, 6) is 0. The molecule has 4 rings (SSSR count). The molecule has 0 saturated heterocycles. The first-order chi connectivity index (χ1) is 13.3. The van der Waals surface area contributed by atoms with Crippen LogP contribution in [0.25, 0.3) is 11.1 Å². The van der Waals surface area contributed by atoms with Crippen LogP contribution in [0.4, 0.5) is 0 Å². The summed E-state index contributed by atoms with van der Waals surface area (Å²) >= 11 is 0. The van der Waals surface area contributed by atoms with E-state index in [0.717, 1.165) is 38.1 Å². The maximum Gasteiger partial charge on any atom is 0.188 e. The van der Waals surface area contributed by atoms with Gasteiger partial charge in [0.1, 0.15) is 0 Å². The van der Waals surface area contributed by atoms with Crippen LogP contribution in [0.5, 0.6) is 0 Å². The monoisotopic (exact) mass is 349 g/mol. The number of nitrogens with zero attached hydrogens (tertiary/aromatic N) is 1. The lowest BCUT2D eigenvalue weighted by Gasteiger charge is -2.17. The van der Waals surface area contributed by atoms with E-state index in [0.29, 0.717) is 0 Å². The van der Waals surface area contributed by atoms with Gasteiger partial charge < -0.3 is 5.21 Å². The van der Waals surface area contributed by atoms with Gasteiger partial charge in [-0.25, -0.2) is 0 Å². The minimum absolute atomic E-state index is 0.853. The third-order valence-corrected chi connectivity index (χ3v) is 4.50. The molecule has 130 valence electrons. The first kappa shape index (κ1) is 16.8. The summed E-state index contributed by atoms with van der Waals surface area (Å²) in [7, 11) is 0. The Balaban J connectivity index is 2.10. The summed E-state index contributed by atoms with van der Waals surface area (Å²) in [6.07, 6.45) is 3.14. The average molecular weight is 349 g/mol. The van der Waals surface area contributed by atoms with Crippen molar-refractivity contribution < 1.29 is 4.73 Å². The molecule has 0 aliphatic heterocycles. The first-order valence-corrected chi connectivity index (χ1v) is 8.93. The Morgan fingerprint density at radius 3 is 1.26 bits per heavy atom. The minimum Gasteiger partial charge on any atom is -0.619 e. The number of hydrogen-bond donors (Lipinski definition) is 0. The van der Waals surface area contributed by atoms with E-state index in [1.54, 1.807) is 12.3 Å². The van der Waals surface area contributed by atoms with Crippen molar-refractivity contribution in [3.05, 3.63) is 143 Å². The molecule has 4 aromatic rings.